The molecule has 0 aliphatic heterocycles. The Labute approximate surface area is 100 Å². The van der Waals surface area contributed by atoms with Crippen molar-refractivity contribution >= 4 is 16.6 Å². The first-order chi connectivity index (χ1) is 8.25. The number of fused-ring (bicyclic) bond motifs is 1. The number of nitrogen functional groups attached to an aromatic ring is 1. The Kier molecular flexibility index (Phi) is 2.15. The van der Waals surface area contributed by atoms with Crippen LogP contribution in [0.5, 0.6) is 0 Å². The molecule has 1 aromatic heterocycles. The number of nitrogens with zero attached hydrogens (tertiary/aromatic N) is 1. The zero-order valence-corrected chi connectivity index (χ0v) is 9.72. The van der Waals surface area contributed by atoms with Gasteiger partial charge >= 0.3 is 0 Å². The van der Waals surface area contributed by atoms with E-state index in [9.17, 15) is 0 Å². The van der Waals surface area contributed by atoms with Crippen molar-refractivity contribution in [3.05, 3.63) is 54.7 Å². The minimum atomic E-state index is 0.808. The van der Waals surface area contributed by atoms with Crippen LogP contribution in [0.1, 0.15) is 0 Å². The number of aryl methyl sites for hydroxylation is 1. The van der Waals surface area contributed by atoms with Crippen molar-refractivity contribution in [3.63, 3.8) is 0 Å². The Morgan fingerprint density at radius 3 is 2.53 bits per heavy atom. The van der Waals surface area contributed by atoms with Crippen molar-refractivity contribution in [1.82, 2.24) is 4.57 Å². The predicted molar refractivity (Wildman–Crippen MR) is 72.8 cm³/mol. The summed E-state index contributed by atoms with van der Waals surface area (Å²) in [5, 5.41) is 1.19. The van der Waals surface area contributed by atoms with Gasteiger partial charge in [-0.3, -0.25) is 0 Å². The summed E-state index contributed by atoms with van der Waals surface area (Å²) in [6.07, 6.45) is 2.07. The fraction of sp³-hybridized carbons (Fsp3) is 0.0667. The number of nitrogens with two attached hydrogens (primary N) is 1. The molecule has 0 saturated carbocycles. The van der Waals surface area contributed by atoms with Crippen molar-refractivity contribution in [3.8, 4) is 11.1 Å². The Balaban J connectivity index is 2.39. The molecule has 0 bridgehead atoms. The minimum Gasteiger partial charge on any atom is -0.399 e. The van der Waals surface area contributed by atoms with E-state index in [0.29, 0.717) is 0 Å². The lowest BCUT2D eigenvalue weighted by atomic mass is 10.0. The number of hydrogen-bond donors (Lipinski definition) is 1. The molecule has 2 aromatic carbocycles. The summed E-state index contributed by atoms with van der Waals surface area (Å²) in [6.45, 7) is 0. The largest absolute Gasteiger partial charge is 0.399 e. The third kappa shape index (κ3) is 1.58. The standard InChI is InChI=1S/C15H14N2/c1-17-8-7-12-9-13(16)10-14(15(12)17)11-5-3-2-4-6-11/h2-10H,16H2,1H3. The molecule has 0 amide bonds. The van der Waals surface area contributed by atoms with Gasteiger partial charge in [0, 0.05) is 29.9 Å². The fourth-order valence-corrected chi connectivity index (χ4v) is 2.31. The second-order valence-corrected chi connectivity index (χ2v) is 4.30. The van der Waals surface area contributed by atoms with Crippen LogP contribution in [0.4, 0.5) is 5.69 Å². The summed E-state index contributed by atoms with van der Waals surface area (Å²) in [6, 6.07) is 16.5. The van der Waals surface area contributed by atoms with Gasteiger partial charge in [-0.15, -0.1) is 0 Å². The Hall–Kier alpha value is -2.22. The molecule has 0 aliphatic rings. The molecular weight excluding hydrogens is 208 g/mol. The highest BCUT2D eigenvalue weighted by Gasteiger charge is 2.07. The first-order valence-corrected chi connectivity index (χ1v) is 5.66. The molecule has 0 atom stereocenters. The fourth-order valence-electron chi connectivity index (χ4n) is 2.31. The quantitative estimate of drug-likeness (QED) is 0.628. The second kappa shape index (κ2) is 3.67. The van der Waals surface area contributed by atoms with Gasteiger partial charge in [0.25, 0.3) is 0 Å². The molecule has 2 N–H and O–H groups in total. The molecule has 1 heterocycles. The molecule has 84 valence electrons. The maximum atomic E-state index is 5.96. The Morgan fingerprint density at radius 1 is 1.00 bits per heavy atom. The van der Waals surface area contributed by atoms with Gasteiger partial charge in [-0.1, -0.05) is 30.3 Å². The lowest BCUT2D eigenvalue weighted by Crippen LogP contribution is -1.91. The molecule has 2 nitrogen and oxygen atoms in total. The lowest BCUT2D eigenvalue weighted by molar-refractivity contribution is 0.970. The number of hydrogen-bond acceptors (Lipinski definition) is 1. The highest BCUT2D eigenvalue weighted by molar-refractivity contribution is 5.97. The van der Waals surface area contributed by atoms with E-state index in [1.165, 1.54) is 22.0 Å². The van der Waals surface area contributed by atoms with Crippen molar-refractivity contribution in [2.45, 2.75) is 0 Å². The maximum Gasteiger partial charge on any atom is 0.0558 e. The van der Waals surface area contributed by atoms with Crippen molar-refractivity contribution in [1.29, 1.82) is 0 Å². The number of anilines is 1. The summed E-state index contributed by atoms with van der Waals surface area (Å²) >= 11 is 0. The van der Waals surface area contributed by atoms with E-state index in [0.717, 1.165) is 5.69 Å². The summed E-state index contributed by atoms with van der Waals surface area (Å²) < 4.78 is 2.14. The topological polar surface area (TPSA) is 30.9 Å². The third-order valence-corrected chi connectivity index (χ3v) is 3.08. The highest BCUT2D eigenvalue weighted by Crippen LogP contribution is 2.31. The van der Waals surface area contributed by atoms with Crippen LogP contribution in [0.15, 0.2) is 54.7 Å². The van der Waals surface area contributed by atoms with E-state index in [1.807, 2.05) is 30.3 Å². The van der Waals surface area contributed by atoms with Gasteiger partial charge in [0.15, 0.2) is 0 Å². The average Bonchev–Trinajstić information content (AvgIpc) is 2.71. The zero-order valence-electron chi connectivity index (χ0n) is 9.72. The van der Waals surface area contributed by atoms with Gasteiger partial charge in [-0.25, -0.2) is 0 Å². The molecule has 0 aliphatic carbocycles. The van der Waals surface area contributed by atoms with Crippen molar-refractivity contribution < 1.29 is 0 Å². The van der Waals surface area contributed by atoms with Crippen LogP contribution in [0.3, 0.4) is 0 Å². The van der Waals surface area contributed by atoms with E-state index in [1.54, 1.807) is 0 Å². The summed E-state index contributed by atoms with van der Waals surface area (Å²) in [4.78, 5) is 0. The van der Waals surface area contributed by atoms with E-state index < -0.39 is 0 Å². The molecule has 0 fully saturated rings. The summed E-state index contributed by atoms with van der Waals surface area (Å²) in [7, 11) is 2.06. The van der Waals surface area contributed by atoms with Crippen LogP contribution in [0, 0.1) is 0 Å². The van der Waals surface area contributed by atoms with Gasteiger partial charge in [-0.05, 0) is 23.8 Å². The van der Waals surface area contributed by atoms with Gasteiger partial charge in [0.1, 0.15) is 0 Å². The van der Waals surface area contributed by atoms with Gasteiger partial charge in [0.05, 0.1) is 5.52 Å². The van der Waals surface area contributed by atoms with E-state index in [2.05, 4.69) is 36.0 Å². The molecule has 0 radical (unpaired) electrons. The van der Waals surface area contributed by atoms with Crippen LogP contribution in [-0.4, -0.2) is 4.57 Å². The van der Waals surface area contributed by atoms with Crippen LogP contribution in [0.25, 0.3) is 22.0 Å². The predicted octanol–water partition coefficient (Wildman–Crippen LogP) is 3.43. The van der Waals surface area contributed by atoms with E-state index in [-0.39, 0.29) is 0 Å². The Morgan fingerprint density at radius 2 is 1.76 bits per heavy atom. The van der Waals surface area contributed by atoms with Gasteiger partial charge in [0.2, 0.25) is 0 Å². The minimum absolute atomic E-state index is 0.808. The monoisotopic (exact) mass is 222 g/mol. The van der Waals surface area contributed by atoms with Gasteiger partial charge in [-0.2, -0.15) is 0 Å². The SMILES string of the molecule is Cn1ccc2cc(N)cc(-c3ccccc3)c21. The maximum absolute atomic E-state index is 5.96. The summed E-state index contributed by atoms with van der Waals surface area (Å²) in [5.41, 5.74) is 10.4. The average molecular weight is 222 g/mol. The number of rotatable bonds is 1. The van der Waals surface area contributed by atoms with E-state index in [4.69, 9.17) is 5.73 Å². The second-order valence-electron chi connectivity index (χ2n) is 4.30. The zero-order chi connectivity index (χ0) is 11.8. The van der Waals surface area contributed by atoms with Crippen LogP contribution < -0.4 is 5.73 Å². The molecule has 2 heteroatoms. The summed E-state index contributed by atoms with van der Waals surface area (Å²) in [5.74, 6) is 0. The molecule has 17 heavy (non-hydrogen) atoms. The normalized spacial score (nSPS) is 10.9. The molecule has 0 spiro atoms. The molecule has 3 aromatic rings. The first-order valence-electron chi connectivity index (χ1n) is 5.66. The van der Waals surface area contributed by atoms with E-state index >= 15 is 0 Å². The number of aromatic nitrogens is 1. The third-order valence-electron chi connectivity index (χ3n) is 3.08. The van der Waals surface area contributed by atoms with Crippen LogP contribution >= 0.6 is 0 Å². The first kappa shape index (κ1) is 9.97. The molecule has 3 rings (SSSR count). The van der Waals surface area contributed by atoms with Crippen LogP contribution in [-0.2, 0) is 7.05 Å². The molecule has 0 unspecified atom stereocenters. The highest BCUT2D eigenvalue weighted by atomic mass is 14.9. The van der Waals surface area contributed by atoms with Gasteiger partial charge < -0.3 is 10.3 Å². The smallest absolute Gasteiger partial charge is 0.0558 e. The van der Waals surface area contributed by atoms with Crippen molar-refractivity contribution in [2.75, 3.05) is 5.73 Å². The Bertz CT molecular complexity index is 666. The number of benzene rings is 2. The van der Waals surface area contributed by atoms with Crippen LogP contribution in [0.2, 0.25) is 0 Å². The van der Waals surface area contributed by atoms with Crippen molar-refractivity contribution in [2.24, 2.45) is 7.05 Å². The lowest BCUT2D eigenvalue weighted by Gasteiger charge is -2.08. The molecular formula is C15H14N2. The molecule has 0 saturated heterocycles.